The van der Waals surface area contributed by atoms with Gasteiger partial charge in [-0.05, 0) is 50.9 Å². The Balaban J connectivity index is 0.00000225. The fraction of sp³-hybridized carbons (Fsp3) is 0.529. The molecule has 1 fully saturated rings. The minimum Gasteiger partial charge on any atom is -0.341 e. The molecular weight excluding hydrogens is 342 g/mol. The number of halogens is 1. The predicted octanol–water partition coefficient (Wildman–Crippen LogP) is 1.06. The third-order valence-electron chi connectivity index (χ3n) is 4.68. The van der Waals surface area contributed by atoms with E-state index in [1.165, 1.54) is 0 Å². The number of fused-ring (bicyclic) bond motifs is 1. The van der Waals surface area contributed by atoms with Gasteiger partial charge in [-0.15, -0.1) is 17.5 Å². The Morgan fingerprint density at radius 1 is 1.28 bits per heavy atom. The highest BCUT2D eigenvalue weighted by Crippen LogP contribution is 2.20. The molecule has 1 aromatic heterocycles. The van der Waals surface area contributed by atoms with E-state index in [0.717, 1.165) is 43.6 Å². The predicted molar refractivity (Wildman–Crippen MR) is 98.9 cm³/mol. The van der Waals surface area contributed by atoms with Crippen molar-refractivity contribution >= 4 is 29.2 Å². The van der Waals surface area contributed by atoms with Gasteiger partial charge in [-0.25, -0.2) is 4.68 Å². The SMILES string of the molecule is CNCCC1CCN(C(=O)Cn2nnc3ccccc3c2=O)CC1.Cl. The second-order valence-corrected chi connectivity index (χ2v) is 6.29. The maximum absolute atomic E-state index is 12.5. The Morgan fingerprint density at radius 2 is 2.00 bits per heavy atom. The molecular formula is C17H24ClN5O2. The van der Waals surface area contributed by atoms with Crippen LogP contribution in [0.3, 0.4) is 0 Å². The van der Waals surface area contributed by atoms with Crippen molar-refractivity contribution in [2.24, 2.45) is 5.92 Å². The fourth-order valence-electron chi connectivity index (χ4n) is 3.17. The first-order chi connectivity index (χ1) is 11.7. The fourth-order valence-corrected chi connectivity index (χ4v) is 3.17. The molecule has 1 saturated heterocycles. The molecule has 25 heavy (non-hydrogen) atoms. The molecule has 1 aliphatic heterocycles. The molecule has 0 spiro atoms. The quantitative estimate of drug-likeness (QED) is 0.857. The first kappa shape index (κ1) is 19.3. The van der Waals surface area contributed by atoms with Crippen molar-refractivity contribution in [1.29, 1.82) is 0 Å². The van der Waals surface area contributed by atoms with Gasteiger partial charge in [-0.2, -0.15) is 0 Å². The van der Waals surface area contributed by atoms with E-state index in [4.69, 9.17) is 0 Å². The van der Waals surface area contributed by atoms with Gasteiger partial charge in [-0.3, -0.25) is 9.59 Å². The van der Waals surface area contributed by atoms with Gasteiger partial charge in [0.2, 0.25) is 5.91 Å². The molecule has 0 unspecified atom stereocenters. The summed E-state index contributed by atoms with van der Waals surface area (Å²) in [6.07, 6.45) is 3.19. The number of hydrogen-bond acceptors (Lipinski definition) is 5. The van der Waals surface area contributed by atoms with Crippen LogP contribution in [-0.2, 0) is 11.3 Å². The van der Waals surface area contributed by atoms with Gasteiger partial charge >= 0.3 is 0 Å². The van der Waals surface area contributed by atoms with Gasteiger partial charge in [0.05, 0.1) is 5.39 Å². The number of likely N-dealkylation sites (tertiary alicyclic amines) is 1. The highest BCUT2D eigenvalue weighted by molar-refractivity contribution is 5.85. The molecule has 0 atom stereocenters. The molecule has 7 nitrogen and oxygen atoms in total. The molecule has 1 N–H and O–H groups in total. The third-order valence-corrected chi connectivity index (χ3v) is 4.68. The van der Waals surface area contributed by atoms with Crippen molar-refractivity contribution in [2.45, 2.75) is 25.8 Å². The second-order valence-electron chi connectivity index (χ2n) is 6.29. The number of nitrogens with one attached hydrogen (secondary N) is 1. The number of benzene rings is 1. The van der Waals surface area contributed by atoms with Crippen LogP contribution in [0.4, 0.5) is 0 Å². The van der Waals surface area contributed by atoms with E-state index in [1.54, 1.807) is 18.2 Å². The van der Waals surface area contributed by atoms with Gasteiger partial charge < -0.3 is 10.2 Å². The summed E-state index contributed by atoms with van der Waals surface area (Å²) in [5, 5.41) is 11.6. The number of piperidine rings is 1. The van der Waals surface area contributed by atoms with E-state index in [2.05, 4.69) is 15.6 Å². The molecule has 136 valence electrons. The maximum Gasteiger partial charge on any atom is 0.278 e. The molecule has 8 heteroatoms. The molecule has 0 saturated carbocycles. The first-order valence-corrected chi connectivity index (χ1v) is 8.44. The number of carbonyl (C=O) groups is 1. The summed E-state index contributed by atoms with van der Waals surface area (Å²) < 4.78 is 1.16. The topological polar surface area (TPSA) is 80.1 Å². The number of rotatable bonds is 5. The molecule has 0 aliphatic carbocycles. The lowest BCUT2D eigenvalue weighted by Gasteiger charge is -2.32. The Hall–Kier alpha value is -1.99. The van der Waals surface area contributed by atoms with Gasteiger partial charge in [0, 0.05) is 13.1 Å². The van der Waals surface area contributed by atoms with Crippen molar-refractivity contribution in [3.05, 3.63) is 34.6 Å². The molecule has 1 amide bonds. The van der Waals surface area contributed by atoms with Crippen LogP contribution in [0.25, 0.3) is 10.9 Å². The summed E-state index contributed by atoms with van der Waals surface area (Å²) in [5.74, 6) is 0.610. The molecule has 0 radical (unpaired) electrons. The third kappa shape index (κ3) is 4.55. The van der Waals surface area contributed by atoms with E-state index in [-0.39, 0.29) is 30.4 Å². The molecule has 1 aliphatic rings. The zero-order valence-electron chi connectivity index (χ0n) is 14.4. The van der Waals surface area contributed by atoms with E-state index in [1.807, 2.05) is 18.0 Å². The minimum atomic E-state index is -0.266. The summed E-state index contributed by atoms with van der Waals surface area (Å²) in [6, 6.07) is 7.05. The first-order valence-electron chi connectivity index (χ1n) is 8.44. The Labute approximate surface area is 152 Å². The number of aromatic nitrogens is 3. The van der Waals surface area contributed by atoms with E-state index in [0.29, 0.717) is 16.8 Å². The number of amides is 1. The van der Waals surface area contributed by atoms with Crippen LogP contribution in [0, 0.1) is 5.92 Å². The molecule has 2 heterocycles. The minimum absolute atomic E-state index is 0. The Bertz CT molecular complexity index is 771. The van der Waals surface area contributed by atoms with Crippen molar-refractivity contribution < 1.29 is 4.79 Å². The normalized spacial score (nSPS) is 15.2. The van der Waals surface area contributed by atoms with E-state index in [9.17, 15) is 9.59 Å². The van der Waals surface area contributed by atoms with E-state index >= 15 is 0 Å². The Kier molecular flexibility index (Phi) is 6.90. The van der Waals surface area contributed by atoms with Crippen molar-refractivity contribution in [3.63, 3.8) is 0 Å². The van der Waals surface area contributed by atoms with Gasteiger partial charge in [0.15, 0.2) is 0 Å². The maximum atomic E-state index is 12.5. The number of hydrogen-bond donors (Lipinski definition) is 1. The standard InChI is InChI=1S/C17H23N5O2.ClH/c1-18-9-6-13-7-10-21(11-8-13)16(23)12-22-17(24)14-4-2-3-5-15(14)19-20-22;/h2-5,13,18H,6-12H2,1H3;1H. The zero-order valence-corrected chi connectivity index (χ0v) is 15.2. The Morgan fingerprint density at radius 3 is 2.72 bits per heavy atom. The van der Waals surface area contributed by atoms with Crippen LogP contribution >= 0.6 is 12.4 Å². The van der Waals surface area contributed by atoms with Gasteiger partial charge in [0.25, 0.3) is 5.56 Å². The van der Waals surface area contributed by atoms with Crippen LogP contribution in [0.5, 0.6) is 0 Å². The summed E-state index contributed by atoms with van der Waals surface area (Å²) in [4.78, 5) is 26.7. The molecule has 3 rings (SSSR count). The largest absolute Gasteiger partial charge is 0.341 e. The zero-order chi connectivity index (χ0) is 16.9. The van der Waals surface area contributed by atoms with Crippen LogP contribution in [0.1, 0.15) is 19.3 Å². The van der Waals surface area contributed by atoms with Gasteiger partial charge in [-0.1, -0.05) is 17.3 Å². The number of carbonyl (C=O) groups excluding carboxylic acids is 1. The van der Waals surface area contributed by atoms with Gasteiger partial charge in [0.1, 0.15) is 12.1 Å². The second kappa shape index (κ2) is 8.92. The average Bonchev–Trinajstić information content (AvgIpc) is 2.63. The molecule has 2 aromatic rings. The van der Waals surface area contributed by atoms with Crippen LogP contribution in [0.15, 0.2) is 29.1 Å². The van der Waals surface area contributed by atoms with Crippen LogP contribution in [-0.4, -0.2) is 52.5 Å². The number of nitrogens with zero attached hydrogens (tertiary/aromatic N) is 4. The highest BCUT2D eigenvalue weighted by atomic mass is 35.5. The summed E-state index contributed by atoms with van der Waals surface area (Å²) in [5.41, 5.74) is 0.286. The van der Waals surface area contributed by atoms with Crippen molar-refractivity contribution in [2.75, 3.05) is 26.7 Å². The lowest BCUT2D eigenvalue weighted by molar-refractivity contribution is -0.133. The van der Waals surface area contributed by atoms with Crippen molar-refractivity contribution in [3.8, 4) is 0 Å². The summed E-state index contributed by atoms with van der Waals surface area (Å²) in [6.45, 7) is 2.48. The molecule has 0 bridgehead atoms. The average molecular weight is 366 g/mol. The monoisotopic (exact) mass is 365 g/mol. The molecule has 1 aromatic carbocycles. The van der Waals surface area contributed by atoms with Crippen LogP contribution < -0.4 is 10.9 Å². The van der Waals surface area contributed by atoms with Crippen LogP contribution in [0.2, 0.25) is 0 Å². The lowest BCUT2D eigenvalue weighted by atomic mass is 9.93. The summed E-state index contributed by atoms with van der Waals surface area (Å²) in [7, 11) is 1.96. The lowest BCUT2D eigenvalue weighted by Crippen LogP contribution is -2.42. The summed E-state index contributed by atoms with van der Waals surface area (Å²) >= 11 is 0. The van der Waals surface area contributed by atoms with E-state index < -0.39 is 0 Å². The van der Waals surface area contributed by atoms with Crippen molar-refractivity contribution in [1.82, 2.24) is 25.2 Å². The highest BCUT2D eigenvalue weighted by Gasteiger charge is 2.23. The smallest absolute Gasteiger partial charge is 0.278 e.